The molecule has 0 saturated carbocycles. The van der Waals surface area contributed by atoms with Crippen LogP contribution in [-0.4, -0.2) is 22.6 Å². The minimum absolute atomic E-state index is 0.0702. The maximum absolute atomic E-state index is 11.7. The van der Waals surface area contributed by atoms with Gasteiger partial charge in [0, 0.05) is 30.3 Å². The van der Waals surface area contributed by atoms with E-state index in [9.17, 15) is 14.9 Å². The van der Waals surface area contributed by atoms with Crippen molar-refractivity contribution in [3.63, 3.8) is 0 Å². The number of thiol groups is 1. The fraction of sp³-hybridized carbons (Fsp3) is 0.273. The molecule has 0 aromatic heterocycles. The maximum atomic E-state index is 11.7. The van der Waals surface area contributed by atoms with E-state index < -0.39 is 4.92 Å². The van der Waals surface area contributed by atoms with Crippen LogP contribution in [0.25, 0.3) is 0 Å². The van der Waals surface area contributed by atoms with Gasteiger partial charge in [0.1, 0.15) is 6.07 Å². The van der Waals surface area contributed by atoms with E-state index in [4.69, 9.17) is 5.26 Å². The first kappa shape index (κ1) is 12.4. The van der Waals surface area contributed by atoms with E-state index in [-0.39, 0.29) is 22.4 Å². The van der Waals surface area contributed by atoms with E-state index in [1.807, 2.05) is 6.07 Å². The van der Waals surface area contributed by atoms with Crippen LogP contribution < -0.4 is 4.90 Å². The van der Waals surface area contributed by atoms with Crippen LogP contribution in [0.15, 0.2) is 18.2 Å². The molecule has 1 saturated heterocycles. The predicted octanol–water partition coefficient (Wildman–Crippen LogP) is 1.50. The Labute approximate surface area is 108 Å². The molecule has 0 radical (unpaired) electrons. The average Bonchev–Trinajstić information content (AvgIpc) is 2.67. The van der Waals surface area contributed by atoms with Crippen molar-refractivity contribution in [1.29, 1.82) is 5.26 Å². The second-order valence-corrected chi connectivity index (χ2v) is 4.66. The van der Waals surface area contributed by atoms with Gasteiger partial charge in [-0.1, -0.05) is 0 Å². The van der Waals surface area contributed by atoms with Crippen molar-refractivity contribution in [3.05, 3.63) is 33.9 Å². The fourth-order valence-corrected chi connectivity index (χ4v) is 2.20. The van der Waals surface area contributed by atoms with Crippen molar-refractivity contribution >= 4 is 29.9 Å². The zero-order chi connectivity index (χ0) is 13.3. The Morgan fingerprint density at radius 3 is 2.78 bits per heavy atom. The molecule has 1 fully saturated rings. The Balaban J connectivity index is 2.43. The first-order valence-electron chi connectivity index (χ1n) is 5.20. The first-order valence-corrected chi connectivity index (χ1v) is 5.71. The van der Waals surface area contributed by atoms with E-state index in [1.54, 1.807) is 0 Å². The van der Waals surface area contributed by atoms with Crippen LogP contribution in [-0.2, 0) is 4.79 Å². The van der Waals surface area contributed by atoms with Crippen LogP contribution in [0.4, 0.5) is 11.4 Å². The van der Waals surface area contributed by atoms with Gasteiger partial charge in [0.2, 0.25) is 5.91 Å². The molecule has 1 heterocycles. The van der Waals surface area contributed by atoms with Crippen molar-refractivity contribution in [1.82, 2.24) is 0 Å². The second kappa shape index (κ2) is 4.66. The van der Waals surface area contributed by atoms with Crippen LogP contribution in [0.5, 0.6) is 0 Å². The number of nitro groups is 1. The topological polar surface area (TPSA) is 87.2 Å². The number of carbonyl (C=O) groups is 1. The van der Waals surface area contributed by atoms with Crippen LogP contribution in [0.2, 0.25) is 0 Å². The number of amides is 1. The van der Waals surface area contributed by atoms with Crippen LogP contribution >= 0.6 is 12.6 Å². The van der Waals surface area contributed by atoms with Gasteiger partial charge in [-0.15, -0.1) is 0 Å². The Kier molecular flexibility index (Phi) is 3.21. The summed E-state index contributed by atoms with van der Waals surface area (Å²) in [6.45, 7) is 0.411. The third-order valence-corrected chi connectivity index (χ3v) is 3.05. The molecule has 1 unspecified atom stereocenters. The summed E-state index contributed by atoms with van der Waals surface area (Å²) >= 11 is 4.22. The summed E-state index contributed by atoms with van der Waals surface area (Å²) in [6.07, 6.45) is 0.310. The quantitative estimate of drug-likeness (QED) is 0.497. The molecule has 1 aromatic rings. The number of nitriles is 1. The number of benzene rings is 1. The van der Waals surface area contributed by atoms with Gasteiger partial charge in [0.15, 0.2) is 0 Å². The second-order valence-electron chi connectivity index (χ2n) is 3.93. The molecule has 1 amide bonds. The minimum Gasteiger partial charge on any atom is -0.310 e. The summed E-state index contributed by atoms with van der Waals surface area (Å²) in [7, 11) is 0. The zero-order valence-corrected chi connectivity index (χ0v) is 10.1. The number of hydrogen-bond acceptors (Lipinski definition) is 5. The van der Waals surface area contributed by atoms with Gasteiger partial charge in [0.05, 0.1) is 16.2 Å². The van der Waals surface area contributed by atoms with Crippen LogP contribution in [0.1, 0.15) is 12.0 Å². The summed E-state index contributed by atoms with van der Waals surface area (Å²) in [4.78, 5) is 23.2. The zero-order valence-electron chi connectivity index (χ0n) is 9.24. The molecule has 1 atom stereocenters. The van der Waals surface area contributed by atoms with Crippen LogP contribution in [0, 0.1) is 21.4 Å². The van der Waals surface area contributed by atoms with Crippen molar-refractivity contribution < 1.29 is 9.72 Å². The third-order valence-electron chi connectivity index (χ3n) is 2.71. The lowest BCUT2D eigenvalue weighted by Crippen LogP contribution is -2.25. The van der Waals surface area contributed by atoms with Gasteiger partial charge >= 0.3 is 0 Å². The highest BCUT2D eigenvalue weighted by atomic mass is 32.1. The van der Waals surface area contributed by atoms with Gasteiger partial charge in [0.25, 0.3) is 5.69 Å². The fourth-order valence-electron chi connectivity index (χ4n) is 1.88. The van der Waals surface area contributed by atoms with Gasteiger partial charge in [-0.05, 0) is 6.07 Å². The molecule has 0 aliphatic carbocycles. The van der Waals surface area contributed by atoms with E-state index in [1.165, 1.54) is 23.1 Å². The van der Waals surface area contributed by atoms with E-state index >= 15 is 0 Å². The Morgan fingerprint density at radius 2 is 2.28 bits per heavy atom. The Bertz CT molecular complexity index is 567. The molecule has 1 aliphatic heterocycles. The van der Waals surface area contributed by atoms with Crippen LogP contribution in [0.3, 0.4) is 0 Å². The highest BCUT2D eigenvalue weighted by molar-refractivity contribution is 7.81. The highest BCUT2D eigenvalue weighted by Crippen LogP contribution is 2.29. The molecule has 18 heavy (non-hydrogen) atoms. The molecule has 0 N–H and O–H groups in total. The molecule has 1 aliphatic rings. The van der Waals surface area contributed by atoms with Gasteiger partial charge < -0.3 is 4.90 Å². The lowest BCUT2D eigenvalue weighted by Gasteiger charge is -2.17. The molecule has 2 rings (SSSR count). The van der Waals surface area contributed by atoms with Crippen molar-refractivity contribution in [2.75, 3.05) is 11.4 Å². The largest absolute Gasteiger partial charge is 0.310 e. The lowest BCUT2D eigenvalue weighted by molar-refractivity contribution is -0.384. The Morgan fingerprint density at radius 1 is 1.56 bits per heavy atom. The molecular weight excluding hydrogens is 254 g/mol. The summed E-state index contributed by atoms with van der Waals surface area (Å²) in [5.41, 5.74) is 0.369. The van der Waals surface area contributed by atoms with Crippen molar-refractivity contribution in [2.45, 2.75) is 11.7 Å². The van der Waals surface area contributed by atoms with E-state index in [0.29, 0.717) is 18.7 Å². The monoisotopic (exact) mass is 263 g/mol. The average molecular weight is 263 g/mol. The molecule has 1 aromatic carbocycles. The molecule has 6 nitrogen and oxygen atoms in total. The standard InChI is InChI=1S/C11H9N3O3S/c12-5-7-3-8(14(16)17)1-2-10(7)13-6-9(18)4-11(13)15/h1-3,9,18H,4,6H2. The van der Waals surface area contributed by atoms with E-state index in [2.05, 4.69) is 12.6 Å². The number of nitro benzene ring substituents is 1. The summed E-state index contributed by atoms with van der Waals surface area (Å²) in [5.74, 6) is -0.125. The lowest BCUT2D eigenvalue weighted by atomic mass is 10.1. The number of rotatable bonds is 2. The van der Waals surface area contributed by atoms with E-state index in [0.717, 1.165) is 0 Å². The number of anilines is 1. The normalized spacial score (nSPS) is 18.8. The SMILES string of the molecule is N#Cc1cc([N+](=O)[O-])ccc1N1CC(S)CC1=O. The van der Waals surface area contributed by atoms with Crippen molar-refractivity contribution in [2.24, 2.45) is 0 Å². The summed E-state index contributed by atoms with van der Waals surface area (Å²) < 4.78 is 0. The summed E-state index contributed by atoms with van der Waals surface area (Å²) in [6, 6.07) is 5.77. The van der Waals surface area contributed by atoms with Gasteiger partial charge in [-0.25, -0.2) is 0 Å². The summed E-state index contributed by atoms with van der Waals surface area (Å²) in [5, 5.41) is 19.6. The molecular formula is C11H9N3O3S. The molecule has 92 valence electrons. The smallest absolute Gasteiger partial charge is 0.270 e. The number of carbonyl (C=O) groups excluding carboxylic acids is 1. The molecule has 7 heteroatoms. The highest BCUT2D eigenvalue weighted by Gasteiger charge is 2.30. The molecule has 0 spiro atoms. The maximum Gasteiger partial charge on any atom is 0.270 e. The first-order chi connectivity index (χ1) is 8.52. The van der Waals surface area contributed by atoms with Gasteiger partial charge in [-0.3, -0.25) is 14.9 Å². The minimum atomic E-state index is -0.572. The predicted molar refractivity (Wildman–Crippen MR) is 67.6 cm³/mol. The number of non-ortho nitro benzene ring substituents is 1. The van der Waals surface area contributed by atoms with Crippen molar-refractivity contribution in [3.8, 4) is 6.07 Å². The molecule has 0 bridgehead atoms. The number of hydrogen-bond donors (Lipinski definition) is 1. The van der Waals surface area contributed by atoms with Gasteiger partial charge in [-0.2, -0.15) is 17.9 Å². The Hall–Kier alpha value is -2.07. The third kappa shape index (κ3) is 2.15. The number of nitrogens with zero attached hydrogens (tertiary/aromatic N) is 3.